The largest absolute Gasteiger partial charge is 0.398 e. The predicted octanol–water partition coefficient (Wildman–Crippen LogP) is 3.10. The maximum Gasteiger partial charge on any atom is 0.145 e. The highest BCUT2D eigenvalue weighted by molar-refractivity contribution is 5.83. The second kappa shape index (κ2) is 4.05. The molecule has 0 aliphatic rings. The van der Waals surface area contributed by atoms with Crippen molar-refractivity contribution < 1.29 is 8.78 Å². The van der Waals surface area contributed by atoms with Gasteiger partial charge in [0.2, 0.25) is 0 Å². The zero-order valence-corrected chi connectivity index (χ0v) is 10.2. The highest BCUT2D eigenvalue weighted by atomic mass is 19.1. The smallest absolute Gasteiger partial charge is 0.145 e. The summed E-state index contributed by atoms with van der Waals surface area (Å²) in [5.74, 6) is -0.436. The van der Waals surface area contributed by atoms with Crippen LogP contribution in [0.5, 0.6) is 0 Å². The first-order valence-corrected chi connectivity index (χ1v) is 5.74. The summed E-state index contributed by atoms with van der Waals surface area (Å²) in [7, 11) is 1.74. The fraction of sp³-hybridized carbons (Fsp3) is 0.0714. The van der Waals surface area contributed by atoms with Crippen molar-refractivity contribution in [1.82, 2.24) is 9.55 Å². The Hall–Kier alpha value is -2.43. The van der Waals surface area contributed by atoms with Crippen molar-refractivity contribution in [3.63, 3.8) is 0 Å². The molecule has 0 saturated carbocycles. The number of rotatable bonds is 1. The number of aryl methyl sites for hydroxylation is 1. The minimum atomic E-state index is -0.445. The molecule has 19 heavy (non-hydrogen) atoms. The van der Waals surface area contributed by atoms with Crippen molar-refractivity contribution in [1.29, 1.82) is 0 Å². The fourth-order valence-corrected chi connectivity index (χ4v) is 2.17. The first-order chi connectivity index (χ1) is 9.08. The van der Waals surface area contributed by atoms with Crippen molar-refractivity contribution in [3.8, 4) is 11.4 Å². The highest BCUT2D eigenvalue weighted by Gasteiger charge is 2.16. The Balaban J connectivity index is 2.34. The van der Waals surface area contributed by atoms with Gasteiger partial charge in [-0.3, -0.25) is 0 Å². The molecule has 1 aromatic heterocycles. The number of hydrogen-bond donors (Lipinski definition) is 1. The molecule has 0 atom stereocenters. The molecule has 3 nitrogen and oxygen atoms in total. The number of nitrogen functional groups attached to an aromatic ring is 1. The number of anilines is 1. The highest BCUT2D eigenvalue weighted by Crippen LogP contribution is 2.30. The second-order valence-electron chi connectivity index (χ2n) is 4.33. The predicted molar refractivity (Wildman–Crippen MR) is 70.5 cm³/mol. The van der Waals surface area contributed by atoms with E-state index in [-0.39, 0.29) is 11.4 Å². The molecular formula is C14H11F2N3. The van der Waals surface area contributed by atoms with E-state index in [1.807, 2.05) is 0 Å². The Morgan fingerprint density at radius 2 is 1.95 bits per heavy atom. The average molecular weight is 259 g/mol. The normalized spacial score (nSPS) is 11.1. The lowest BCUT2D eigenvalue weighted by Crippen LogP contribution is -1.99. The third kappa shape index (κ3) is 1.74. The first-order valence-electron chi connectivity index (χ1n) is 5.74. The third-order valence-corrected chi connectivity index (χ3v) is 3.11. The van der Waals surface area contributed by atoms with Crippen LogP contribution in [0.3, 0.4) is 0 Å². The van der Waals surface area contributed by atoms with Crippen molar-refractivity contribution >= 4 is 16.7 Å². The topological polar surface area (TPSA) is 43.8 Å². The van der Waals surface area contributed by atoms with Crippen LogP contribution in [0.2, 0.25) is 0 Å². The minimum Gasteiger partial charge on any atom is -0.398 e. The number of nitrogens with zero attached hydrogens (tertiary/aromatic N) is 2. The standard InChI is InChI=1S/C14H11F2N3/c1-19-12-6-5-8(15)7-11(12)18-14(19)13-9(16)3-2-4-10(13)17/h2-7H,17H2,1H3. The molecule has 0 amide bonds. The number of nitrogens with two attached hydrogens (primary N) is 1. The van der Waals surface area contributed by atoms with E-state index in [2.05, 4.69) is 4.98 Å². The summed E-state index contributed by atoms with van der Waals surface area (Å²) in [6.45, 7) is 0. The van der Waals surface area contributed by atoms with E-state index in [0.29, 0.717) is 17.0 Å². The van der Waals surface area contributed by atoms with E-state index in [9.17, 15) is 8.78 Å². The molecule has 0 saturated heterocycles. The number of aromatic nitrogens is 2. The number of fused-ring (bicyclic) bond motifs is 1. The summed E-state index contributed by atoms with van der Waals surface area (Å²) in [5.41, 5.74) is 7.54. The molecule has 0 fully saturated rings. The number of benzene rings is 2. The van der Waals surface area contributed by atoms with Crippen molar-refractivity contribution in [2.45, 2.75) is 0 Å². The number of imidazole rings is 1. The summed E-state index contributed by atoms with van der Waals surface area (Å²) in [5, 5.41) is 0. The van der Waals surface area contributed by atoms with Gasteiger partial charge in [-0.25, -0.2) is 13.8 Å². The maximum atomic E-state index is 13.9. The molecule has 3 aromatic rings. The van der Waals surface area contributed by atoms with E-state index < -0.39 is 5.82 Å². The van der Waals surface area contributed by atoms with E-state index in [0.717, 1.165) is 5.52 Å². The molecule has 2 aromatic carbocycles. The van der Waals surface area contributed by atoms with E-state index >= 15 is 0 Å². The molecule has 2 N–H and O–H groups in total. The van der Waals surface area contributed by atoms with E-state index in [1.165, 1.54) is 24.3 Å². The molecule has 0 spiro atoms. The average Bonchev–Trinajstić information content (AvgIpc) is 2.66. The van der Waals surface area contributed by atoms with Crippen LogP contribution in [0.15, 0.2) is 36.4 Å². The van der Waals surface area contributed by atoms with Gasteiger partial charge in [-0.1, -0.05) is 6.07 Å². The third-order valence-electron chi connectivity index (χ3n) is 3.11. The molecule has 0 aliphatic heterocycles. The lowest BCUT2D eigenvalue weighted by Gasteiger charge is -2.06. The van der Waals surface area contributed by atoms with Gasteiger partial charge in [0.25, 0.3) is 0 Å². The van der Waals surface area contributed by atoms with Crippen molar-refractivity contribution in [3.05, 3.63) is 48.0 Å². The van der Waals surface area contributed by atoms with Crippen LogP contribution in [0.4, 0.5) is 14.5 Å². The molecule has 3 rings (SSSR count). The Morgan fingerprint density at radius 3 is 2.68 bits per heavy atom. The lowest BCUT2D eigenvalue weighted by atomic mass is 10.1. The van der Waals surface area contributed by atoms with Gasteiger partial charge in [-0.2, -0.15) is 0 Å². The Bertz CT molecular complexity index is 757. The minimum absolute atomic E-state index is 0.238. The number of hydrogen-bond acceptors (Lipinski definition) is 2. The van der Waals surface area contributed by atoms with Crippen LogP contribution in [-0.4, -0.2) is 9.55 Å². The zero-order valence-electron chi connectivity index (χ0n) is 10.2. The molecule has 96 valence electrons. The van der Waals surface area contributed by atoms with Gasteiger partial charge in [0.15, 0.2) is 0 Å². The van der Waals surface area contributed by atoms with Crippen molar-refractivity contribution in [2.24, 2.45) is 7.05 Å². The Kier molecular flexibility index (Phi) is 2.48. The van der Waals surface area contributed by atoms with E-state index in [1.54, 1.807) is 23.7 Å². The quantitative estimate of drug-likeness (QED) is 0.682. The van der Waals surface area contributed by atoms with Crippen LogP contribution >= 0.6 is 0 Å². The summed E-state index contributed by atoms with van der Waals surface area (Å²) in [4.78, 5) is 4.27. The van der Waals surface area contributed by atoms with Gasteiger partial charge in [0, 0.05) is 18.8 Å². The van der Waals surface area contributed by atoms with Gasteiger partial charge < -0.3 is 10.3 Å². The van der Waals surface area contributed by atoms with Gasteiger partial charge in [-0.15, -0.1) is 0 Å². The summed E-state index contributed by atoms with van der Waals surface area (Å²) in [6, 6.07) is 8.74. The molecule has 0 unspecified atom stereocenters. The molecule has 5 heteroatoms. The summed E-state index contributed by atoms with van der Waals surface area (Å²) >= 11 is 0. The molecular weight excluding hydrogens is 248 g/mol. The summed E-state index contributed by atoms with van der Waals surface area (Å²) in [6.07, 6.45) is 0. The van der Waals surface area contributed by atoms with Gasteiger partial charge in [0.1, 0.15) is 17.5 Å². The second-order valence-corrected chi connectivity index (χ2v) is 4.33. The zero-order chi connectivity index (χ0) is 13.6. The van der Waals surface area contributed by atoms with Crippen LogP contribution < -0.4 is 5.73 Å². The van der Waals surface area contributed by atoms with Crippen LogP contribution in [-0.2, 0) is 7.05 Å². The summed E-state index contributed by atoms with van der Waals surface area (Å²) < 4.78 is 28.8. The van der Waals surface area contributed by atoms with Gasteiger partial charge in [0.05, 0.1) is 16.6 Å². The Morgan fingerprint density at radius 1 is 1.16 bits per heavy atom. The maximum absolute atomic E-state index is 13.9. The first kappa shape index (κ1) is 11.6. The lowest BCUT2D eigenvalue weighted by molar-refractivity contribution is 0.629. The SMILES string of the molecule is Cn1c(-c2c(N)cccc2F)nc2cc(F)ccc21. The molecule has 1 heterocycles. The van der Waals surface area contributed by atoms with Gasteiger partial charge >= 0.3 is 0 Å². The molecule has 0 aliphatic carbocycles. The number of halogens is 2. The van der Waals surface area contributed by atoms with Gasteiger partial charge in [-0.05, 0) is 24.3 Å². The monoisotopic (exact) mass is 259 g/mol. The van der Waals surface area contributed by atoms with Crippen molar-refractivity contribution in [2.75, 3.05) is 5.73 Å². The van der Waals surface area contributed by atoms with Crippen LogP contribution in [0, 0.1) is 11.6 Å². The molecule has 0 bridgehead atoms. The fourth-order valence-electron chi connectivity index (χ4n) is 2.17. The molecule has 0 radical (unpaired) electrons. The Labute approximate surface area is 108 Å². The van der Waals surface area contributed by atoms with Crippen LogP contribution in [0.25, 0.3) is 22.4 Å². The van der Waals surface area contributed by atoms with Crippen LogP contribution in [0.1, 0.15) is 0 Å². The van der Waals surface area contributed by atoms with E-state index in [4.69, 9.17) is 5.73 Å².